The van der Waals surface area contributed by atoms with Crippen LogP contribution in [0.15, 0.2) is 0 Å². The van der Waals surface area contributed by atoms with E-state index in [9.17, 15) is 4.79 Å². The number of hydrogen-bond acceptors (Lipinski definition) is 4. The highest BCUT2D eigenvalue weighted by Gasteiger charge is 2.45. The molecule has 2 aliphatic rings. The van der Waals surface area contributed by atoms with Gasteiger partial charge in [0.05, 0.1) is 0 Å². The van der Waals surface area contributed by atoms with E-state index < -0.39 is 6.16 Å². The molecule has 2 N–H and O–H groups in total. The predicted octanol–water partition coefficient (Wildman–Crippen LogP) is 0.0115. The van der Waals surface area contributed by atoms with Gasteiger partial charge in [-0.25, -0.2) is 4.79 Å². The standard InChI is InChI=1S/C6H9NO3/c7-3-1-2-4-5(3)10-6(8)9-4/h3-5H,1-2,7H2. The highest BCUT2D eigenvalue weighted by Crippen LogP contribution is 2.29. The Bertz CT molecular complexity index is 170. The minimum atomic E-state index is -0.565. The highest BCUT2D eigenvalue weighted by molar-refractivity contribution is 5.62. The van der Waals surface area contributed by atoms with Crippen LogP contribution in [0.25, 0.3) is 0 Å². The van der Waals surface area contributed by atoms with Crippen molar-refractivity contribution < 1.29 is 14.3 Å². The summed E-state index contributed by atoms with van der Waals surface area (Å²) >= 11 is 0. The Hall–Kier alpha value is -0.770. The fourth-order valence-corrected chi connectivity index (χ4v) is 1.51. The van der Waals surface area contributed by atoms with Gasteiger partial charge in [-0.15, -0.1) is 0 Å². The molecule has 0 aromatic heterocycles. The number of fused-ring (bicyclic) bond motifs is 1. The van der Waals surface area contributed by atoms with Gasteiger partial charge in [0.2, 0.25) is 0 Å². The zero-order valence-corrected chi connectivity index (χ0v) is 5.45. The van der Waals surface area contributed by atoms with E-state index in [1.165, 1.54) is 0 Å². The Labute approximate surface area is 58.3 Å². The molecule has 0 bridgehead atoms. The topological polar surface area (TPSA) is 61.5 Å². The third-order valence-corrected chi connectivity index (χ3v) is 2.05. The smallest absolute Gasteiger partial charge is 0.427 e. The van der Waals surface area contributed by atoms with Crippen molar-refractivity contribution in [3.8, 4) is 0 Å². The Morgan fingerprint density at radius 2 is 2.20 bits per heavy atom. The third-order valence-electron chi connectivity index (χ3n) is 2.05. The van der Waals surface area contributed by atoms with Gasteiger partial charge in [0, 0.05) is 6.04 Å². The SMILES string of the molecule is NC1CCC2OC(=O)OC12. The number of nitrogens with two attached hydrogens (primary N) is 1. The molecule has 4 nitrogen and oxygen atoms in total. The van der Waals surface area contributed by atoms with Crippen LogP contribution in [0.1, 0.15) is 12.8 Å². The van der Waals surface area contributed by atoms with E-state index in [-0.39, 0.29) is 18.2 Å². The summed E-state index contributed by atoms with van der Waals surface area (Å²) in [6.45, 7) is 0. The van der Waals surface area contributed by atoms with E-state index in [1.54, 1.807) is 0 Å². The Balaban J connectivity index is 2.12. The molecule has 10 heavy (non-hydrogen) atoms. The van der Waals surface area contributed by atoms with Gasteiger partial charge in [0.25, 0.3) is 0 Å². The molecule has 4 heteroatoms. The number of hydrogen-bond donors (Lipinski definition) is 1. The van der Waals surface area contributed by atoms with Crippen molar-refractivity contribution in [2.24, 2.45) is 5.73 Å². The van der Waals surface area contributed by atoms with E-state index in [2.05, 4.69) is 0 Å². The van der Waals surface area contributed by atoms with Crippen molar-refractivity contribution >= 4 is 6.16 Å². The Morgan fingerprint density at radius 3 is 2.90 bits per heavy atom. The maximum Gasteiger partial charge on any atom is 0.509 e. The van der Waals surface area contributed by atoms with Crippen LogP contribution in [0.2, 0.25) is 0 Å². The summed E-state index contributed by atoms with van der Waals surface area (Å²) in [5.74, 6) is 0. The summed E-state index contributed by atoms with van der Waals surface area (Å²) in [7, 11) is 0. The second kappa shape index (κ2) is 1.85. The lowest BCUT2D eigenvalue weighted by atomic mass is 10.2. The molecule has 0 radical (unpaired) electrons. The van der Waals surface area contributed by atoms with Crippen molar-refractivity contribution in [3.63, 3.8) is 0 Å². The summed E-state index contributed by atoms with van der Waals surface area (Å²) in [5.41, 5.74) is 5.62. The predicted molar refractivity (Wildman–Crippen MR) is 32.4 cm³/mol. The molecular weight excluding hydrogens is 134 g/mol. The minimum absolute atomic E-state index is 0.0172. The molecule has 1 aliphatic heterocycles. The van der Waals surface area contributed by atoms with Crippen LogP contribution in [-0.4, -0.2) is 24.4 Å². The zero-order valence-electron chi connectivity index (χ0n) is 5.45. The lowest BCUT2D eigenvalue weighted by Crippen LogP contribution is -2.33. The van der Waals surface area contributed by atoms with Gasteiger partial charge in [-0.1, -0.05) is 0 Å². The van der Waals surface area contributed by atoms with Crippen LogP contribution in [0.5, 0.6) is 0 Å². The molecule has 3 unspecified atom stereocenters. The lowest BCUT2D eigenvalue weighted by Gasteiger charge is -2.08. The fraction of sp³-hybridized carbons (Fsp3) is 0.833. The van der Waals surface area contributed by atoms with Gasteiger partial charge in [0.15, 0.2) is 6.10 Å². The van der Waals surface area contributed by atoms with Crippen LogP contribution in [0.3, 0.4) is 0 Å². The maximum absolute atomic E-state index is 10.5. The van der Waals surface area contributed by atoms with Gasteiger partial charge in [0.1, 0.15) is 6.10 Å². The first-order chi connectivity index (χ1) is 4.77. The molecule has 0 aromatic carbocycles. The Morgan fingerprint density at radius 1 is 1.40 bits per heavy atom. The molecule has 0 aromatic rings. The fourth-order valence-electron chi connectivity index (χ4n) is 1.51. The zero-order chi connectivity index (χ0) is 7.14. The van der Waals surface area contributed by atoms with Crippen molar-refractivity contribution in [1.82, 2.24) is 0 Å². The average molecular weight is 143 g/mol. The lowest BCUT2D eigenvalue weighted by molar-refractivity contribution is 0.107. The molecule has 56 valence electrons. The first kappa shape index (κ1) is 5.97. The second-order valence-corrected chi connectivity index (χ2v) is 2.73. The molecule has 0 spiro atoms. The van der Waals surface area contributed by atoms with Gasteiger partial charge in [-0.05, 0) is 12.8 Å². The van der Waals surface area contributed by atoms with Crippen molar-refractivity contribution in [3.05, 3.63) is 0 Å². The van der Waals surface area contributed by atoms with Gasteiger partial charge in [-0.3, -0.25) is 0 Å². The largest absolute Gasteiger partial charge is 0.509 e. The van der Waals surface area contributed by atoms with Gasteiger partial charge in [-0.2, -0.15) is 0 Å². The summed E-state index contributed by atoms with van der Waals surface area (Å²) in [6.07, 6.45) is 0.931. The first-order valence-electron chi connectivity index (χ1n) is 3.40. The number of ether oxygens (including phenoxy) is 2. The van der Waals surface area contributed by atoms with Gasteiger partial charge >= 0.3 is 6.16 Å². The third kappa shape index (κ3) is 0.686. The van der Waals surface area contributed by atoms with E-state index in [1.807, 2.05) is 0 Å². The average Bonchev–Trinajstić information content (AvgIpc) is 2.35. The molecule has 2 rings (SSSR count). The minimum Gasteiger partial charge on any atom is -0.427 e. The molecule has 1 aliphatic carbocycles. The van der Waals surface area contributed by atoms with E-state index in [0.717, 1.165) is 12.8 Å². The van der Waals surface area contributed by atoms with Crippen molar-refractivity contribution in [1.29, 1.82) is 0 Å². The molecular formula is C6H9NO3. The van der Waals surface area contributed by atoms with Gasteiger partial charge < -0.3 is 15.2 Å². The van der Waals surface area contributed by atoms with Crippen LogP contribution in [-0.2, 0) is 9.47 Å². The quantitative estimate of drug-likeness (QED) is 0.485. The van der Waals surface area contributed by atoms with Crippen molar-refractivity contribution in [2.75, 3.05) is 0 Å². The summed E-state index contributed by atoms with van der Waals surface area (Å²) < 4.78 is 9.63. The Kier molecular flexibility index (Phi) is 1.11. The summed E-state index contributed by atoms with van der Waals surface area (Å²) in [4.78, 5) is 10.5. The molecule has 2 fully saturated rings. The normalized spacial score (nSPS) is 44.5. The molecule has 1 saturated heterocycles. The van der Waals surface area contributed by atoms with Crippen LogP contribution < -0.4 is 5.73 Å². The number of rotatable bonds is 0. The second-order valence-electron chi connectivity index (χ2n) is 2.73. The summed E-state index contributed by atoms with van der Waals surface area (Å²) in [6, 6.07) is -0.0172. The monoisotopic (exact) mass is 143 g/mol. The highest BCUT2D eigenvalue weighted by atomic mass is 16.8. The molecule has 1 saturated carbocycles. The summed E-state index contributed by atoms with van der Waals surface area (Å²) in [5, 5.41) is 0. The molecule has 1 heterocycles. The van der Waals surface area contributed by atoms with Crippen molar-refractivity contribution in [2.45, 2.75) is 31.1 Å². The number of carbonyl (C=O) groups excluding carboxylic acids is 1. The van der Waals surface area contributed by atoms with Crippen LogP contribution >= 0.6 is 0 Å². The van der Waals surface area contributed by atoms with E-state index in [4.69, 9.17) is 15.2 Å². The molecule has 0 amide bonds. The molecule has 3 atom stereocenters. The van der Waals surface area contributed by atoms with Crippen LogP contribution in [0, 0.1) is 0 Å². The number of carbonyl (C=O) groups is 1. The van der Waals surface area contributed by atoms with E-state index >= 15 is 0 Å². The first-order valence-corrected chi connectivity index (χ1v) is 3.40. The van der Waals surface area contributed by atoms with Crippen LogP contribution in [0.4, 0.5) is 4.79 Å². The maximum atomic E-state index is 10.5. The van der Waals surface area contributed by atoms with E-state index in [0.29, 0.717) is 0 Å².